The molecule has 148 valence electrons. The van der Waals surface area contributed by atoms with Crippen molar-refractivity contribution < 1.29 is 24.2 Å². The maximum absolute atomic E-state index is 12.8. The summed E-state index contributed by atoms with van der Waals surface area (Å²) in [6, 6.07) is 18.8. The van der Waals surface area contributed by atoms with Crippen LogP contribution in [-0.2, 0) is 27.3 Å². The van der Waals surface area contributed by atoms with Gasteiger partial charge in [-0.15, -0.1) is 0 Å². The van der Waals surface area contributed by atoms with Gasteiger partial charge in [0.1, 0.15) is 6.61 Å². The Morgan fingerprint density at radius 3 is 2.39 bits per heavy atom. The Balaban J connectivity index is 1.56. The Morgan fingerprint density at radius 2 is 1.75 bits per heavy atom. The molecule has 2 aromatic rings. The molecule has 1 saturated heterocycles. The molecule has 0 radical (unpaired) electrons. The molecule has 1 fully saturated rings. The van der Waals surface area contributed by atoms with E-state index in [-0.39, 0.29) is 19.3 Å². The number of aliphatic hydroxyl groups excluding tert-OH is 1. The number of imide groups is 1. The van der Waals surface area contributed by atoms with E-state index in [1.54, 1.807) is 6.92 Å². The number of hydrogen-bond acceptors (Lipinski definition) is 5. The highest BCUT2D eigenvalue weighted by Crippen LogP contribution is 2.21. The molecular weight excluding hydrogens is 358 g/mol. The number of carbonyl (C=O) groups excluding carboxylic acids is 2. The molecule has 3 rings (SSSR count). The lowest BCUT2D eigenvalue weighted by molar-refractivity contribution is -0.138. The maximum atomic E-state index is 12.8. The smallest absolute Gasteiger partial charge is 0.416 e. The van der Waals surface area contributed by atoms with Crippen LogP contribution in [-0.4, -0.2) is 47.4 Å². The standard InChI is InChI=1S/C22H25NO5/c1-16(20(24)15-27-13-18-10-6-3-7-11-18)21(25)23-19(14-28-22(23)26)12-17-8-4-2-5-9-17/h2-11,16,19-20,24H,12-15H2,1H3/t16-,19-,20+/m0/s1. The summed E-state index contributed by atoms with van der Waals surface area (Å²) < 4.78 is 10.6. The van der Waals surface area contributed by atoms with Crippen LogP contribution in [0.3, 0.4) is 0 Å². The number of ether oxygens (including phenoxy) is 2. The number of nitrogens with zero attached hydrogens (tertiary/aromatic N) is 1. The van der Waals surface area contributed by atoms with Gasteiger partial charge in [0.05, 0.1) is 31.3 Å². The fourth-order valence-corrected chi connectivity index (χ4v) is 3.17. The van der Waals surface area contributed by atoms with Crippen molar-refractivity contribution in [1.29, 1.82) is 0 Å². The van der Waals surface area contributed by atoms with E-state index >= 15 is 0 Å². The van der Waals surface area contributed by atoms with Crippen molar-refractivity contribution in [2.45, 2.75) is 32.1 Å². The normalized spacial score (nSPS) is 18.6. The SMILES string of the molecule is C[C@H](C(=O)N1C(=O)OC[C@@H]1Cc1ccccc1)[C@H](O)COCc1ccccc1. The van der Waals surface area contributed by atoms with E-state index in [1.807, 2.05) is 60.7 Å². The van der Waals surface area contributed by atoms with Gasteiger partial charge in [-0.3, -0.25) is 4.79 Å². The van der Waals surface area contributed by atoms with E-state index in [9.17, 15) is 14.7 Å². The molecule has 0 spiro atoms. The van der Waals surface area contributed by atoms with Gasteiger partial charge in [-0.1, -0.05) is 67.6 Å². The molecule has 1 aliphatic rings. The molecule has 28 heavy (non-hydrogen) atoms. The maximum Gasteiger partial charge on any atom is 0.416 e. The predicted octanol–water partition coefficient (Wildman–Crippen LogP) is 2.79. The van der Waals surface area contributed by atoms with E-state index in [0.29, 0.717) is 13.0 Å². The number of rotatable bonds is 8. The third-order valence-electron chi connectivity index (χ3n) is 4.88. The van der Waals surface area contributed by atoms with Crippen LogP contribution in [0, 0.1) is 5.92 Å². The fraction of sp³-hybridized carbons (Fsp3) is 0.364. The van der Waals surface area contributed by atoms with Gasteiger partial charge in [-0.25, -0.2) is 9.69 Å². The Labute approximate surface area is 164 Å². The van der Waals surface area contributed by atoms with Crippen LogP contribution in [0.1, 0.15) is 18.1 Å². The molecular formula is C22H25NO5. The van der Waals surface area contributed by atoms with Crippen LogP contribution in [0.15, 0.2) is 60.7 Å². The van der Waals surface area contributed by atoms with E-state index in [1.165, 1.54) is 0 Å². The van der Waals surface area contributed by atoms with E-state index in [0.717, 1.165) is 16.0 Å². The van der Waals surface area contributed by atoms with Crippen molar-refractivity contribution in [1.82, 2.24) is 4.90 Å². The van der Waals surface area contributed by atoms with Crippen LogP contribution in [0.25, 0.3) is 0 Å². The van der Waals surface area contributed by atoms with Gasteiger partial charge in [0.25, 0.3) is 0 Å². The zero-order chi connectivity index (χ0) is 19.9. The van der Waals surface area contributed by atoms with Crippen LogP contribution in [0.4, 0.5) is 4.79 Å². The van der Waals surface area contributed by atoms with Crippen molar-refractivity contribution in [3.63, 3.8) is 0 Å². The van der Waals surface area contributed by atoms with Gasteiger partial charge < -0.3 is 14.6 Å². The largest absolute Gasteiger partial charge is 0.447 e. The zero-order valence-electron chi connectivity index (χ0n) is 15.9. The summed E-state index contributed by atoms with van der Waals surface area (Å²) in [4.78, 5) is 26.1. The second-order valence-corrected chi connectivity index (χ2v) is 6.99. The summed E-state index contributed by atoms with van der Waals surface area (Å²) >= 11 is 0. The highest BCUT2D eigenvalue weighted by atomic mass is 16.6. The molecule has 0 saturated carbocycles. The predicted molar refractivity (Wildman–Crippen MR) is 103 cm³/mol. The number of amides is 2. The van der Waals surface area contributed by atoms with Crippen LogP contribution in [0.2, 0.25) is 0 Å². The lowest BCUT2D eigenvalue weighted by atomic mass is 10.0. The van der Waals surface area contributed by atoms with Gasteiger partial charge in [0, 0.05) is 0 Å². The number of benzene rings is 2. The Bertz CT molecular complexity index is 780. The second-order valence-electron chi connectivity index (χ2n) is 6.99. The van der Waals surface area contributed by atoms with Crippen molar-refractivity contribution in [2.75, 3.05) is 13.2 Å². The van der Waals surface area contributed by atoms with Crippen LogP contribution < -0.4 is 0 Å². The molecule has 1 N–H and O–H groups in total. The molecule has 6 heteroatoms. The highest BCUT2D eigenvalue weighted by Gasteiger charge is 2.41. The molecule has 6 nitrogen and oxygen atoms in total. The van der Waals surface area contributed by atoms with Gasteiger partial charge >= 0.3 is 6.09 Å². The number of aliphatic hydroxyl groups is 1. The third kappa shape index (κ3) is 4.97. The first-order chi connectivity index (χ1) is 13.6. The summed E-state index contributed by atoms with van der Waals surface area (Å²) in [5.41, 5.74) is 2.00. The summed E-state index contributed by atoms with van der Waals surface area (Å²) in [6.45, 7) is 2.12. The van der Waals surface area contributed by atoms with Gasteiger partial charge in [-0.05, 0) is 17.5 Å². The van der Waals surface area contributed by atoms with Crippen LogP contribution in [0.5, 0.6) is 0 Å². The summed E-state index contributed by atoms with van der Waals surface area (Å²) in [5.74, 6) is -1.22. The van der Waals surface area contributed by atoms with Gasteiger partial charge in [-0.2, -0.15) is 0 Å². The van der Waals surface area contributed by atoms with Crippen LogP contribution >= 0.6 is 0 Å². The van der Waals surface area contributed by atoms with E-state index in [4.69, 9.17) is 9.47 Å². The average molecular weight is 383 g/mol. The topological polar surface area (TPSA) is 76.1 Å². The number of carbonyl (C=O) groups is 2. The molecule has 3 atom stereocenters. The molecule has 1 heterocycles. The Kier molecular flexibility index (Phi) is 6.79. The van der Waals surface area contributed by atoms with Crippen molar-refractivity contribution >= 4 is 12.0 Å². The number of cyclic esters (lactones) is 1. The summed E-state index contributed by atoms with van der Waals surface area (Å²) in [6.07, 6.45) is -1.15. The monoisotopic (exact) mass is 383 g/mol. The quantitative estimate of drug-likeness (QED) is 0.759. The van der Waals surface area contributed by atoms with Crippen molar-refractivity contribution in [3.05, 3.63) is 71.8 Å². The molecule has 1 aliphatic heterocycles. The zero-order valence-corrected chi connectivity index (χ0v) is 15.9. The summed E-state index contributed by atoms with van der Waals surface area (Å²) in [7, 11) is 0. The molecule has 0 bridgehead atoms. The minimum Gasteiger partial charge on any atom is -0.447 e. The molecule has 2 aromatic carbocycles. The first-order valence-electron chi connectivity index (χ1n) is 9.39. The third-order valence-corrected chi connectivity index (χ3v) is 4.88. The van der Waals surface area contributed by atoms with Crippen molar-refractivity contribution in [2.24, 2.45) is 5.92 Å². The Morgan fingerprint density at radius 1 is 1.14 bits per heavy atom. The van der Waals surface area contributed by atoms with Crippen molar-refractivity contribution in [3.8, 4) is 0 Å². The van der Waals surface area contributed by atoms with E-state index in [2.05, 4.69) is 0 Å². The lowest BCUT2D eigenvalue weighted by Crippen LogP contribution is -2.46. The first kappa shape index (κ1) is 20.0. The van der Waals surface area contributed by atoms with Gasteiger partial charge in [0.15, 0.2) is 0 Å². The van der Waals surface area contributed by atoms with Gasteiger partial charge in [0.2, 0.25) is 5.91 Å². The Hall–Kier alpha value is -2.70. The summed E-state index contributed by atoms with van der Waals surface area (Å²) in [5, 5.41) is 10.4. The lowest BCUT2D eigenvalue weighted by Gasteiger charge is -2.25. The molecule has 0 unspecified atom stereocenters. The first-order valence-corrected chi connectivity index (χ1v) is 9.39. The average Bonchev–Trinajstić information content (AvgIpc) is 3.08. The molecule has 0 aromatic heterocycles. The van der Waals surface area contributed by atoms with E-state index < -0.39 is 24.0 Å². The molecule has 0 aliphatic carbocycles. The minimum atomic E-state index is -1.01. The highest BCUT2D eigenvalue weighted by molar-refractivity contribution is 5.95. The molecule has 2 amide bonds. The minimum absolute atomic E-state index is 0.00798. The second kappa shape index (κ2) is 9.48. The fourth-order valence-electron chi connectivity index (χ4n) is 3.17. The number of hydrogen-bond donors (Lipinski definition) is 1.